The normalized spacial score (nSPS) is 23.4. The fourth-order valence-electron chi connectivity index (χ4n) is 2.75. The molecule has 1 saturated carbocycles. The van der Waals surface area contributed by atoms with Crippen LogP contribution in [0.15, 0.2) is 29.4 Å². The van der Waals surface area contributed by atoms with Crippen molar-refractivity contribution in [1.29, 1.82) is 0 Å². The fraction of sp³-hybridized carbons (Fsp3) is 0.500. The summed E-state index contributed by atoms with van der Waals surface area (Å²) >= 11 is 0. The average Bonchev–Trinajstić information content (AvgIpc) is 2.71. The van der Waals surface area contributed by atoms with Crippen LogP contribution in [0.25, 0.3) is 0 Å². The van der Waals surface area contributed by atoms with Crippen LogP contribution in [0.5, 0.6) is 0 Å². The summed E-state index contributed by atoms with van der Waals surface area (Å²) in [6, 6.07) is 7.02. The molecule has 114 valence electrons. The molecule has 1 fully saturated rings. The van der Waals surface area contributed by atoms with Crippen LogP contribution in [-0.4, -0.2) is 23.0 Å². The molecule has 1 aliphatic carbocycles. The number of nitrogens with two attached hydrogens (primary N) is 1. The first kappa shape index (κ1) is 15.4. The summed E-state index contributed by atoms with van der Waals surface area (Å²) < 4.78 is 0. The van der Waals surface area contributed by atoms with Gasteiger partial charge in [0.25, 0.3) is 5.91 Å². The van der Waals surface area contributed by atoms with Gasteiger partial charge in [0.1, 0.15) is 0 Å². The number of oxime groups is 1. The second-order valence-corrected chi connectivity index (χ2v) is 5.85. The molecule has 2 rings (SSSR count). The van der Waals surface area contributed by atoms with Crippen LogP contribution in [0.3, 0.4) is 0 Å². The molecule has 0 saturated heterocycles. The van der Waals surface area contributed by atoms with E-state index < -0.39 is 0 Å². The number of amidine groups is 1. The van der Waals surface area contributed by atoms with Crippen molar-refractivity contribution in [2.24, 2.45) is 16.8 Å². The first-order valence-corrected chi connectivity index (χ1v) is 7.49. The van der Waals surface area contributed by atoms with E-state index in [0.717, 1.165) is 18.8 Å². The van der Waals surface area contributed by atoms with E-state index in [1.807, 2.05) is 0 Å². The minimum Gasteiger partial charge on any atom is -0.409 e. The van der Waals surface area contributed by atoms with Gasteiger partial charge in [-0.25, -0.2) is 0 Å². The molecule has 4 N–H and O–H groups in total. The Labute approximate surface area is 125 Å². The van der Waals surface area contributed by atoms with Crippen LogP contribution in [0, 0.1) is 5.92 Å². The molecule has 5 heteroatoms. The molecular formula is C16H23N3O2. The van der Waals surface area contributed by atoms with Gasteiger partial charge in [-0.05, 0) is 37.3 Å². The van der Waals surface area contributed by atoms with Crippen molar-refractivity contribution in [2.45, 2.75) is 45.1 Å². The molecule has 1 amide bonds. The predicted molar refractivity (Wildman–Crippen MR) is 82.5 cm³/mol. The number of carbonyl (C=O) groups excluding carboxylic acids is 1. The molecule has 21 heavy (non-hydrogen) atoms. The zero-order valence-corrected chi connectivity index (χ0v) is 12.4. The third-order valence-electron chi connectivity index (χ3n) is 4.14. The van der Waals surface area contributed by atoms with E-state index in [1.54, 1.807) is 24.3 Å². The predicted octanol–water partition coefficient (Wildman–Crippen LogP) is 2.48. The number of nitrogens with one attached hydrogen (secondary N) is 1. The minimum atomic E-state index is -0.0550. The van der Waals surface area contributed by atoms with Crippen molar-refractivity contribution < 1.29 is 10.0 Å². The van der Waals surface area contributed by atoms with Gasteiger partial charge >= 0.3 is 0 Å². The number of hydrogen-bond donors (Lipinski definition) is 3. The molecule has 5 nitrogen and oxygen atoms in total. The van der Waals surface area contributed by atoms with Gasteiger partial charge in [0.15, 0.2) is 5.84 Å². The fourth-order valence-corrected chi connectivity index (χ4v) is 2.75. The summed E-state index contributed by atoms with van der Waals surface area (Å²) in [5.41, 5.74) is 6.69. The van der Waals surface area contributed by atoms with Gasteiger partial charge in [0.05, 0.1) is 0 Å². The van der Waals surface area contributed by atoms with E-state index in [4.69, 9.17) is 10.9 Å². The van der Waals surface area contributed by atoms with E-state index in [1.165, 1.54) is 19.3 Å². The lowest BCUT2D eigenvalue weighted by molar-refractivity contribution is 0.0933. The maximum absolute atomic E-state index is 12.2. The molecule has 1 aromatic carbocycles. The second kappa shape index (κ2) is 7.11. The van der Waals surface area contributed by atoms with E-state index in [9.17, 15) is 4.79 Å². The highest BCUT2D eigenvalue weighted by molar-refractivity contribution is 5.99. The van der Waals surface area contributed by atoms with Gasteiger partial charge in [-0.3, -0.25) is 4.79 Å². The van der Waals surface area contributed by atoms with Crippen LogP contribution in [0.2, 0.25) is 0 Å². The Balaban J connectivity index is 1.96. The molecule has 1 aromatic rings. The van der Waals surface area contributed by atoms with Crippen molar-refractivity contribution in [3.05, 3.63) is 35.4 Å². The smallest absolute Gasteiger partial charge is 0.251 e. The van der Waals surface area contributed by atoms with Gasteiger partial charge in [-0.1, -0.05) is 37.1 Å². The topological polar surface area (TPSA) is 87.7 Å². The number of rotatable bonds is 3. The lowest BCUT2D eigenvalue weighted by Gasteiger charge is -2.16. The molecule has 1 aliphatic rings. The first-order chi connectivity index (χ1) is 10.1. The quantitative estimate of drug-likeness (QED) is 0.263. The number of hydrogen-bond acceptors (Lipinski definition) is 3. The Morgan fingerprint density at radius 3 is 2.52 bits per heavy atom. The largest absolute Gasteiger partial charge is 0.409 e. The third-order valence-corrected chi connectivity index (χ3v) is 4.14. The first-order valence-electron chi connectivity index (χ1n) is 7.49. The van der Waals surface area contributed by atoms with Gasteiger partial charge in [0.2, 0.25) is 0 Å². The molecular weight excluding hydrogens is 266 g/mol. The molecule has 0 spiro atoms. The Hall–Kier alpha value is -2.04. The van der Waals surface area contributed by atoms with E-state index >= 15 is 0 Å². The van der Waals surface area contributed by atoms with Crippen LogP contribution >= 0.6 is 0 Å². The van der Waals surface area contributed by atoms with Gasteiger partial charge in [-0.15, -0.1) is 0 Å². The molecule has 0 bridgehead atoms. The minimum absolute atomic E-state index is 0.0414. The molecule has 0 heterocycles. The van der Waals surface area contributed by atoms with Crippen LogP contribution < -0.4 is 11.1 Å². The Bertz CT molecular complexity index is 511. The van der Waals surface area contributed by atoms with Crippen molar-refractivity contribution in [3.8, 4) is 0 Å². The van der Waals surface area contributed by atoms with E-state index in [0.29, 0.717) is 11.1 Å². The average molecular weight is 289 g/mol. The Kier molecular flexibility index (Phi) is 5.20. The summed E-state index contributed by atoms with van der Waals surface area (Å²) in [4.78, 5) is 12.2. The number of amides is 1. The van der Waals surface area contributed by atoms with Crippen molar-refractivity contribution in [2.75, 3.05) is 0 Å². The number of carbonyl (C=O) groups is 1. The molecule has 2 atom stereocenters. The highest BCUT2D eigenvalue weighted by Gasteiger charge is 2.18. The van der Waals surface area contributed by atoms with Crippen molar-refractivity contribution in [1.82, 2.24) is 5.32 Å². The highest BCUT2D eigenvalue weighted by atomic mass is 16.4. The van der Waals surface area contributed by atoms with Crippen LogP contribution in [-0.2, 0) is 0 Å². The third kappa shape index (κ3) is 4.21. The lowest BCUT2D eigenvalue weighted by Crippen LogP contribution is -2.34. The van der Waals surface area contributed by atoms with Gasteiger partial charge < -0.3 is 16.3 Å². The molecule has 0 aromatic heterocycles. The highest BCUT2D eigenvalue weighted by Crippen LogP contribution is 2.22. The molecule has 0 radical (unpaired) electrons. The molecule has 2 unspecified atom stereocenters. The molecule has 0 aliphatic heterocycles. The summed E-state index contributed by atoms with van der Waals surface area (Å²) in [6.07, 6.45) is 5.70. The van der Waals surface area contributed by atoms with Crippen LogP contribution in [0.1, 0.15) is 54.9 Å². The van der Waals surface area contributed by atoms with E-state index in [-0.39, 0.29) is 17.8 Å². The number of nitrogens with zero attached hydrogens (tertiary/aromatic N) is 1. The second-order valence-electron chi connectivity index (χ2n) is 5.85. The van der Waals surface area contributed by atoms with Gasteiger partial charge in [-0.2, -0.15) is 0 Å². The van der Waals surface area contributed by atoms with Crippen LogP contribution in [0.4, 0.5) is 0 Å². The number of benzene rings is 1. The summed E-state index contributed by atoms with van der Waals surface area (Å²) in [7, 11) is 0. The Morgan fingerprint density at radius 1 is 1.19 bits per heavy atom. The maximum Gasteiger partial charge on any atom is 0.251 e. The van der Waals surface area contributed by atoms with Gasteiger partial charge in [0, 0.05) is 17.2 Å². The summed E-state index contributed by atoms with van der Waals surface area (Å²) in [5.74, 6) is 0.743. The lowest BCUT2D eigenvalue weighted by atomic mass is 10.0. The van der Waals surface area contributed by atoms with Crippen molar-refractivity contribution in [3.63, 3.8) is 0 Å². The Morgan fingerprint density at radius 2 is 1.86 bits per heavy atom. The zero-order chi connectivity index (χ0) is 15.2. The standard InChI is InChI=1S/C16H23N3O2/c1-11-3-2-4-14(10-5-11)18-16(20)13-8-6-12(7-9-13)15(17)19-21/h6-9,11,14,21H,2-5,10H2,1H3,(H2,17,19)(H,18,20). The summed E-state index contributed by atoms with van der Waals surface area (Å²) in [5, 5.41) is 14.7. The monoisotopic (exact) mass is 289 g/mol. The zero-order valence-electron chi connectivity index (χ0n) is 12.4. The summed E-state index contributed by atoms with van der Waals surface area (Å²) in [6.45, 7) is 2.27. The van der Waals surface area contributed by atoms with Crippen molar-refractivity contribution >= 4 is 11.7 Å². The SMILES string of the molecule is CC1CCCC(NC(=O)c2ccc(/C(N)=N/O)cc2)CC1. The maximum atomic E-state index is 12.2. The van der Waals surface area contributed by atoms with E-state index in [2.05, 4.69) is 17.4 Å².